The SMILES string of the molecule is COc1nccc2[nH]c(-c3ccnc4[nH]cc(-c5ccnc(N)n5)c34)cc12. The molecule has 0 spiro atoms. The van der Waals surface area contributed by atoms with Crippen LogP contribution in [0.3, 0.4) is 0 Å². The molecule has 8 heteroatoms. The lowest BCUT2D eigenvalue weighted by Gasteiger charge is -2.04. The molecule has 0 atom stereocenters. The third kappa shape index (κ3) is 2.38. The van der Waals surface area contributed by atoms with Gasteiger partial charge in [0.25, 0.3) is 0 Å². The maximum atomic E-state index is 5.77. The maximum Gasteiger partial charge on any atom is 0.222 e. The summed E-state index contributed by atoms with van der Waals surface area (Å²) >= 11 is 0. The largest absolute Gasteiger partial charge is 0.481 e. The lowest BCUT2D eigenvalue weighted by Crippen LogP contribution is -1.95. The molecule has 0 radical (unpaired) electrons. The van der Waals surface area contributed by atoms with E-state index in [0.29, 0.717) is 5.88 Å². The van der Waals surface area contributed by atoms with Gasteiger partial charge in [0.15, 0.2) is 0 Å². The van der Waals surface area contributed by atoms with E-state index < -0.39 is 0 Å². The Hall–Kier alpha value is -3.94. The van der Waals surface area contributed by atoms with Crippen molar-refractivity contribution in [2.45, 2.75) is 0 Å². The molecule has 0 saturated carbocycles. The van der Waals surface area contributed by atoms with Gasteiger partial charge in [0.2, 0.25) is 11.8 Å². The predicted molar refractivity (Wildman–Crippen MR) is 103 cm³/mol. The summed E-state index contributed by atoms with van der Waals surface area (Å²) in [5.74, 6) is 0.812. The minimum absolute atomic E-state index is 0.230. The summed E-state index contributed by atoms with van der Waals surface area (Å²) in [5.41, 5.74) is 11.1. The van der Waals surface area contributed by atoms with Crippen molar-refractivity contribution in [2.75, 3.05) is 12.8 Å². The highest BCUT2D eigenvalue weighted by molar-refractivity contribution is 6.04. The molecule has 5 rings (SSSR count). The fourth-order valence-electron chi connectivity index (χ4n) is 3.34. The van der Waals surface area contributed by atoms with Crippen LogP contribution < -0.4 is 10.5 Å². The minimum atomic E-state index is 0.230. The number of fused-ring (bicyclic) bond motifs is 2. The van der Waals surface area contributed by atoms with Crippen molar-refractivity contribution in [3.63, 3.8) is 0 Å². The van der Waals surface area contributed by atoms with Gasteiger partial charge in [-0.25, -0.2) is 19.9 Å². The number of nitrogen functional groups attached to an aromatic ring is 1. The van der Waals surface area contributed by atoms with Crippen LogP contribution in [0.15, 0.2) is 49.1 Å². The van der Waals surface area contributed by atoms with Crippen molar-refractivity contribution in [1.82, 2.24) is 29.9 Å². The van der Waals surface area contributed by atoms with Gasteiger partial charge in [-0.1, -0.05) is 0 Å². The molecule has 0 aromatic carbocycles. The molecular weight excluding hydrogens is 342 g/mol. The second kappa shape index (κ2) is 5.80. The first-order valence-electron chi connectivity index (χ1n) is 8.31. The molecule has 27 heavy (non-hydrogen) atoms. The number of rotatable bonds is 3. The summed E-state index contributed by atoms with van der Waals surface area (Å²) in [7, 11) is 1.61. The van der Waals surface area contributed by atoms with Gasteiger partial charge in [-0.2, -0.15) is 0 Å². The quantitative estimate of drug-likeness (QED) is 0.456. The molecule has 5 heterocycles. The number of nitrogens with one attached hydrogen (secondary N) is 2. The van der Waals surface area contributed by atoms with Crippen LogP contribution in [0, 0.1) is 0 Å². The number of anilines is 1. The minimum Gasteiger partial charge on any atom is -0.481 e. The van der Waals surface area contributed by atoms with Crippen LogP contribution in [-0.2, 0) is 0 Å². The van der Waals surface area contributed by atoms with E-state index in [1.54, 1.807) is 25.7 Å². The summed E-state index contributed by atoms with van der Waals surface area (Å²) < 4.78 is 5.37. The highest BCUT2D eigenvalue weighted by Gasteiger charge is 2.16. The van der Waals surface area contributed by atoms with Crippen molar-refractivity contribution < 1.29 is 4.74 Å². The Bertz CT molecular complexity index is 1290. The first kappa shape index (κ1) is 15.3. The summed E-state index contributed by atoms with van der Waals surface area (Å²) in [4.78, 5) is 23.7. The highest BCUT2D eigenvalue weighted by atomic mass is 16.5. The van der Waals surface area contributed by atoms with Gasteiger partial charge in [0, 0.05) is 47.0 Å². The molecule has 0 aliphatic rings. The molecule has 5 aromatic rings. The average molecular weight is 357 g/mol. The third-order valence-electron chi connectivity index (χ3n) is 4.52. The molecule has 0 aliphatic heterocycles. The maximum absolute atomic E-state index is 5.77. The van der Waals surface area contributed by atoms with Crippen molar-refractivity contribution >= 4 is 27.9 Å². The van der Waals surface area contributed by atoms with Gasteiger partial charge in [-0.3, -0.25) is 0 Å². The van der Waals surface area contributed by atoms with E-state index in [2.05, 4.69) is 29.9 Å². The second-order valence-corrected chi connectivity index (χ2v) is 6.05. The molecule has 0 amide bonds. The number of pyridine rings is 2. The van der Waals surface area contributed by atoms with Crippen molar-refractivity contribution in [3.05, 3.63) is 49.1 Å². The molecule has 5 aromatic heterocycles. The lowest BCUT2D eigenvalue weighted by atomic mass is 10.0. The van der Waals surface area contributed by atoms with Gasteiger partial charge in [-0.05, 0) is 24.3 Å². The molecule has 0 saturated heterocycles. The van der Waals surface area contributed by atoms with E-state index in [1.807, 2.05) is 30.5 Å². The van der Waals surface area contributed by atoms with E-state index in [0.717, 1.165) is 44.5 Å². The Morgan fingerprint density at radius 3 is 2.70 bits per heavy atom. The zero-order valence-electron chi connectivity index (χ0n) is 14.4. The number of nitrogens with zero attached hydrogens (tertiary/aromatic N) is 4. The topological polar surface area (TPSA) is 118 Å². The first-order chi connectivity index (χ1) is 13.2. The molecule has 132 valence electrons. The average Bonchev–Trinajstić information content (AvgIpc) is 3.31. The van der Waals surface area contributed by atoms with Crippen LogP contribution in [0.1, 0.15) is 0 Å². The Balaban J connectivity index is 1.78. The molecule has 0 bridgehead atoms. The Morgan fingerprint density at radius 2 is 1.85 bits per heavy atom. The van der Waals surface area contributed by atoms with E-state index in [4.69, 9.17) is 10.5 Å². The number of ether oxygens (including phenoxy) is 1. The van der Waals surface area contributed by atoms with Gasteiger partial charge >= 0.3 is 0 Å². The lowest BCUT2D eigenvalue weighted by molar-refractivity contribution is 0.403. The van der Waals surface area contributed by atoms with Crippen molar-refractivity contribution in [3.8, 4) is 28.4 Å². The Kier molecular flexibility index (Phi) is 3.29. The Labute approximate surface area is 153 Å². The number of hydrogen-bond donors (Lipinski definition) is 3. The Morgan fingerprint density at radius 1 is 1.00 bits per heavy atom. The third-order valence-corrected chi connectivity index (χ3v) is 4.52. The predicted octanol–water partition coefficient (Wildman–Crippen LogP) is 3.15. The zero-order chi connectivity index (χ0) is 18.4. The molecule has 4 N–H and O–H groups in total. The number of methoxy groups -OCH3 is 1. The van der Waals surface area contributed by atoms with Crippen LogP contribution in [0.2, 0.25) is 0 Å². The van der Waals surface area contributed by atoms with Gasteiger partial charge in [0.05, 0.1) is 23.7 Å². The van der Waals surface area contributed by atoms with Crippen LogP contribution >= 0.6 is 0 Å². The fraction of sp³-hybridized carbons (Fsp3) is 0.0526. The van der Waals surface area contributed by atoms with Crippen molar-refractivity contribution in [1.29, 1.82) is 0 Å². The highest BCUT2D eigenvalue weighted by Crippen LogP contribution is 2.36. The van der Waals surface area contributed by atoms with E-state index >= 15 is 0 Å². The molecule has 0 aliphatic carbocycles. The molecule has 8 nitrogen and oxygen atoms in total. The van der Waals surface area contributed by atoms with Crippen LogP contribution in [0.25, 0.3) is 44.5 Å². The van der Waals surface area contributed by atoms with E-state index in [9.17, 15) is 0 Å². The molecule has 0 fully saturated rings. The first-order valence-corrected chi connectivity index (χ1v) is 8.31. The number of H-pyrrole nitrogens is 2. The number of hydrogen-bond acceptors (Lipinski definition) is 6. The number of aromatic nitrogens is 6. The smallest absolute Gasteiger partial charge is 0.222 e. The summed E-state index contributed by atoms with van der Waals surface area (Å²) in [6.07, 6.45) is 7.02. The second-order valence-electron chi connectivity index (χ2n) is 6.05. The van der Waals surface area contributed by atoms with E-state index in [1.165, 1.54) is 0 Å². The van der Waals surface area contributed by atoms with Gasteiger partial charge < -0.3 is 20.4 Å². The van der Waals surface area contributed by atoms with Crippen LogP contribution in [0.4, 0.5) is 5.95 Å². The zero-order valence-corrected chi connectivity index (χ0v) is 14.4. The summed E-state index contributed by atoms with van der Waals surface area (Å²) in [6.45, 7) is 0. The van der Waals surface area contributed by atoms with E-state index in [-0.39, 0.29) is 5.95 Å². The number of aromatic amines is 2. The van der Waals surface area contributed by atoms with Crippen LogP contribution in [-0.4, -0.2) is 37.0 Å². The normalized spacial score (nSPS) is 11.3. The number of nitrogens with two attached hydrogens (primary N) is 1. The molecule has 0 unspecified atom stereocenters. The van der Waals surface area contributed by atoms with Crippen molar-refractivity contribution in [2.24, 2.45) is 0 Å². The van der Waals surface area contributed by atoms with Gasteiger partial charge in [-0.15, -0.1) is 0 Å². The monoisotopic (exact) mass is 357 g/mol. The molecular formula is C19H15N7O. The standard InChI is InChI=1S/C19H15N7O/c1-27-18-11-8-15(25-13(11)3-6-22-18)10-2-5-21-17-16(10)12(9-24-17)14-4-7-23-19(20)26-14/h2-9,25H,1H3,(H,21,24)(H2,20,23,26). The van der Waals surface area contributed by atoms with Crippen LogP contribution in [0.5, 0.6) is 5.88 Å². The summed E-state index contributed by atoms with van der Waals surface area (Å²) in [6, 6.07) is 7.74. The summed E-state index contributed by atoms with van der Waals surface area (Å²) in [5, 5.41) is 1.87. The van der Waals surface area contributed by atoms with Gasteiger partial charge in [0.1, 0.15) is 5.65 Å². The fourth-order valence-corrected chi connectivity index (χ4v) is 3.34.